The summed E-state index contributed by atoms with van der Waals surface area (Å²) in [6.45, 7) is 6.04. The highest BCUT2D eigenvalue weighted by molar-refractivity contribution is 5.69. The molecule has 0 atom stereocenters. The Labute approximate surface area is 100 Å². The van der Waals surface area contributed by atoms with Crippen molar-refractivity contribution < 1.29 is 19.4 Å². The summed E-state index contributed by atoms with van der Waals surface area (Å²) in [5, 5.41) is 8.94. The van der Waals surface area contributed by atoms with Gasteiger partial charge in [0.2, 0.25) is 6.79 Å². The van der Waals surface area contributed by atoms with Gasteiger partial charge in [-0.1, -0.05) is 13.8 Å². The molecule has 0 aromatic heterocycles. The van der Waals surface area contributed by atoms with Gasteiger partial charge in [0.05, 0.1) is 6.42 Å². The lowest BCUT2D eigenvalue weighted by atomic mass is 9.79. The minimum atomic E-state index is -0.799. The predicted molar refractivity (Wildman–Crippen MR) is 62.6 cm³/mol. The van der Waals surface area contributed by atoms with Crippen molar-refractivity contribution in [1.82, 2.24) is 0 Å². The SMILES string of the molecule is Cc1cc2c(cc1C(C)(C)CC(=O)O)OCO2. The van der Waals surface area contributed by atoms with Gasteiger partial charge in [0.25, 0.3) is 0 Å². The topological polar surface area (TPSA) is 55.8 Å². The van der Waals surface area contributed by atoms with Crippen LogP contribution in [0.5, 0.6) is 11.5 Å². The predicted octanol–water partition coefficient (Wildman–Crippen LogP) is 2.48. The Hall–Kier alpha value is -1.71. The molecule has 4 nitrogen and oxygen atoms in total. The Morgan fingerprint density at radius 1 is 1.35 bits per heavy atom. The number of rotatable bonds is 3. The van der Waals surface area contributed by atoms with E-state index < -0.39 is 11.4 Å². The molecule has 1 N–H and O–H groups in total. The van der Waals surface area contributed by atoms with Crippen molar-refractivity contribution in [3.05, 3.63) is 23.3 Å². The van der Waals surface area contributed by atoms with E-state index in [1.165, 1.54) is 0 Å². The van der Waals surface area contributed by atoms with Crippen LogP contribution in [0.15, 0.2) is 12.1 Å². The van der Waals surface area contributed by atoms with Gasteiger partial charge >= 0.3 is 5.97 Å². The van der Waals surface area contributed by atoms with E-state index in [1.807, 2.05) is 32.9 Å². The van der Waals surface area contributed by atoms with Crippen LogP contribution in [0.1, 0.15) is 31.4 Å². The summed E-state index contributed by atoms with van der Waals surface area (Å²) < 4.78 is 10.6. The summed E-state index contributed by atoms with van der Waals surface area (Å²) in [5.74, 6) is 0.633. The van der Waals surface area contributed by atoms with Crippen molar-refractivity contribution in [2.75, 3.05) is 6.79 Å². The molecule has 0 bridgehead atoms. The van der Waals surface area contributed by atoms with Gasteiger partial charge in [0.15, 0.2) is 11.5 Å². The molecular formula is C13H16O4. The highest BCUT2D eigenvalue weighted by atomic mass is 16.7. The fourth-order valence-electron chi connectivity index (χ4n) is 2.25. The van der Waals surface area contributed by atoms with E-state index in [0.717, 1.165) is 16.9 Å². The number of benzene rings is 1. The summed E-state index contributed by atoms with van der Waals surface area (Å²) in [4.78, 5) is 10.9. The molecule has 2 rings (SSSR count). The molecule has 0 amide bonds. The Morgan fingerprint density at radius 3 is 2.53 bits per heavy atom. The largest absolute Gasteiger partial charge is 0.481 e. The van der Waals surface area contributed by atoms with E-state index in [-0.39, 0.29) is 13.2 Å². The first-order valence-electron chi connectivity index (χ1n) is 5.53. The molecule has 92 valence electrons. The fourth-order valence-corrected chi connectivity index (χ4v) is 2.25. The highest BCUT2D eigenvalue weighted by Gasteiger charge is 2.28. The Bertz CT molecular complexity index is 463. The molecule has 1 aromatic rings. The number of carbonyl (C=O) groups is 1. The number of carboxylic acids is 1. The Kier molecular flexibility index (Phi) is 2.73. The highest BCUT2D eigenvalue weighted by Crippen LogP contribution is 2.39. The third-order valence-electron chi connectivity index (χ3n) is 3.04. The zero-order valence-electron chi connectivity index (χ0n) is 10.2. The van der Waals surface area contributed by atoms with Crippen LogP contribution in [0.25, 0.3) is 0 Å². The van der Waals surface area contributed by atoms with Gasteiger partial charge in [-0.2, -0.15) is 0 Å². The first-order valence-corrected chi connectivity index (χ1v) is 5.53. The van der Waals surface area contributed by atoms with E-state index in [1.54, 1.807) is 0 Å². The molecule has 17 heavy (non-hydrogen) atoms. The van der Waals surface area contributed by atoms with Crippen molar-refractivity contribution in [2.45, 2.75) is 32.6 Å². The summed E-state index contributed by atoms with van der Waals surface area (Å²) in [6.07, 6.45) is 0.0908. The van der Waals surface area contributed by atoms with Crippen LogP contribution in [-0.4, -0.2) is 17.9 Å². The van der Waals surface area contributed by atoms with Gasteiger partial charge in [-0.15, -0.1) is 0 Å². The number of aryl methyl sites for hydroxylation is 1. The number of fused-ring (bicyclic) bond motifs is 1. The number of hydrogen-bond donors (Lipinski definition) is 1. The minimum Gasteiger partial charge on any atom is -0.481 e. The van der Waals surface area contributed by atoms with Gasteiger partial charge < -0.3 is 14.6 Å². The minimum absolute atomic E-state index is 0.0908. The number of ether oxygens (including phenoxy) is 2. The normalized spacial score (nSPS) is 13.8. The zero-order valence-corrected chi connectivity index (χ0v) is 10.2. The lowest BCUT2D eigenvalue weighted by molar-refractivity contribution is -0.138. The van der Waals surface area contributed by atoms with Crippen molar-refractivity contribution in [3.63, 3.8) is 0 Å². The second kappa shape index (κ2) is 3.95. The fraction of sp³-hybridized carbons (Fsp3) is 0.462. The molecule has 0 spiro atoms. The van der Waals surface area contributed by atoms with Crippen LogP contribution in [0.2, 0.25) is 0 Å². The van der Waals surface area contributed by atoms with Crippen molar-refractivity contribution >= 4 is 5.97 Å². The quantitative estimate of drug-likeness (QED) is 0.875. The van der Waals surface area contributed by atoms with E-state index in [4.69, 9.17) is 14.6 Å². The summed E-state index contributed by atoms with van der Waals surface area (Å²) in [6, 6.07) is 3.79. The van der Waals surface area contributed by atoms with Crippen molar-refractivity contribution in [2.24, 2.45) is 0 Å². The van der Waals surface area contributed by atoms with Crippen molar-refractivity contribution in [3.8, 4) is 11.5 Å². The Balaban J connectivity index is 2.41. The smallest absolute Gasteiger partial charge is 0.304 e. The maximum Gasteiger partial charge on any atom is 0.304 e. The molecule has 1 aliphatic heterocycles. The number of hydrogen-bond acceptors (Lipinski definition) is 3. The molecule has 0 fully saturated rings. The van der Waals surface area contributed by atoms with E-state index in [9.17, 15) is 4.79 Å². The molecule has 0 saturated heterocycles. The van der Waals surface area contributed by atoms with Crippen LogP contribution in [0.4, 0.5) is 0 Å². The van der Waals surface area contributed by atoms with Gasteiger partial charge in [0.1, 0.15) is 0 Å². The first-order chi connectivity index (χ1) is 7.90. The number of aliphatic carboxylic acids is 1. The van der Waals surface area contributed by atoms with Gasteiger partial charge in [-0.3, -0.25) is 4.79 Å². The van der Waals surface area contributed by atoms with Gasteiger partial charge in [-0.05, 0) is 30.2 Å². The van der Waals surface area contributed by atoms with E-state index in [0.29, 0.717) is 5.75 Å². The standard InChI is InChI=1S/C13H16O4/c1-8-4-10-11(17-7-16-10)5-9(8)13(2,3)6-12(14)15/h4-5H,6-7H2,1-3H3,(H,14,15). The maximum atomic E-state index is 10.9. The second-order valence-electron chi connectivity index (χ2n) is 4.97. The molecule has 4 heteroatoms. The van der Waals surface area contributed by atoms with E-state index in [2.05, 4.69) is 0 Å². The van der Waals surface area contributed by atoms with Crippen LogP contribution in [0, 0.1) is 6.92 Å². The summed E-state index contributed by atoms with van der Waals surface area (Å²) in [5.41, 5.74) is 1.60. The molecule has 1 aliphatic rings. The molecular weight excluding hydrogens is 220 g/mol. The molecule has 0 unspecified atom stereocenters. The molecule has 0 saturated carbocycles. The monoisotopic (exact) mass is 236 g/mol. The van der Waals surface area contributed by atoms with Crippen LogP contribution < -0.4 is 9.47 Å². The first kappa shape index (κ1) is 11.8. The van der Waals surface area contributed by atoms with Crippen molar-refractivity contribution in [1.29, 1.82) is 0 Å². The zero-order chi connectivity index (χ0) is 12.6. The molecule has 1 aromatic carbocycles. The van der Waals surface area contributed by atoms with E-state index >= 15 is 0 Å². The summed E-state index contributed by atoms with van der Waals surface area (Å²) >= 11 is 0. The average Bonchev–Trinajstić information content (AvgIpc) is 2.60. The Morgan fingerprint density at radius 2 is 1.94 bits per heavy atom. The van der Waals surface area contributed by atoms with Gasteiger partial charge in [-0.25, -0.2) is 0 Å². The van der Waals surface area contributed by atoms with Crippen LogP contribution in [0.3, 0.4) is 0 Å². The second-order valence-corrected chi connectivity index (χ2v) is 4.97. The molecule has 0 aliphatic carbocycles. The number of carboxylic acid groups (broad SMARTS) is 1. The van der Waals surface area contributed by atoms with Gasteiger partial charge in [0, 0.05) is 5.41 Å². The average molecular weight is 236 g/mol. The third kappa shape index (κ3) is 2.20. The molecule has 0 radical (unpaired) electrons. The maximum absolute atomic E-state index is 10.9. The lowest BCUT2D eigenvalue weighted by Gasteiger charge is -2.25. The summed E-state index contributed by atoms with van der Waals surface area (Å²) in [7, 11) is 0. The lowest BCUT2D eigenvalue weighted by Crippen LogP contribution is -2.22. The van der Waals surface area contributed by atoms with Crippen LogP contribution in [-0.2, 0) is 10.2 Å². The third-order valence-corrected chi connectivity index (χ3v) is 3.04. The molecule has 1 heterocycles. The van der Waals surface area contributed by atoms with Crippen LogP contribution >= 0.6 is 0 Å².